The first-order valence-corrected chi connectivity index (χ1v) is 6.85. The van der Waals surface area contributed by atoms with Gasteiger partial charge in [0.1, 0.15) is 6.04 Å². The highest BCUT2D eigenvalue weighted by atomic mass is 16.4. The van der Waals surface area contributed by atoms with E-state index in [2.05, 4.69) is 23.1 Å². The summed E-state index contributed by atoms with van der Waals surface area (Å²) in [5.41, 5.74) is 2.46. The Labute approximate surface area is 114 Å². The predicted octanol–water partition coefficient (Wildman–Crippen LogP) is 2.19. The van der Waals surface area contributed by atoms with Gasteiger partial charge in [0.2, 0.25) is 0 Å². The number of para-hydroxylation sites is 1. The van der Waals surface area contributed by atoms with Crippen LogP contribution in [-0.2, 0) is 11.3 Å². The van der Waals surface area contributed by atoms with Crippen molar-refractivity contribution in [2.45, 2.75) is 32.4 Å². The van der Waals surface area contributed by atoms with E-state index in [0.717, 1.165) is 13.1 Å². The number of anilines is 1. The lowest BCUT2D eigenvalue weighted by Crippen LogP contribution is -2.35. The van der Waals surface area contributed by atoms with E-state index in [1.165, 1.54) is 24.1 Å². The van der Waals surface area contributed by atoms with Gasteiger partial charge in [-0.2, -0.15) is 0 Å². The molecule has 0 spiro atoms. The Kier molecular flexibility index (Phi) is 4.43. The minimum absolute atomic E-state index is 0.466. The van der Waals surface area contributed by atoms with E-state index in [1.54, 1.807) is 6.92 Å². The number of nitrogens with zero attached hydrogens (tertiary/aromatic N) is 2. The van der Waals surface area contributed by atoms with Crippen molar-refractivity contribution in [2.24, 2.45) is 0 Å². The first-order valence-electron chi connectivity index (χ1n) is 6.85. The summed E-state index contributed by atoms with van der Waals surface area (Å²) in [6.07, 6.45) is 2.49. The summed E-state index contributed by atoms with van der Waals surface area (Å²) in [6, 6.07) is 7.84. The molecule has 104 valence electrons. The molecule has 1 aromatic carbocycles. The fourth-order valence-electron chi connectivity index (χ4n) is 2.51. The van der Waals surface area contributed by atoms with Crippen LogP contribution in [0.15, 0.2) is 24.3 Å². The number of carboxylic acids is 1. The van der Waals surface area contributed by atoms with Crippen LogP contribution < -0.4 is 4.90 Å². The summed E-state index contributed by atoms with van der Waals surface area (Å²) < 4.78 is 0. The lowest BCUT2D eigenvalue weighted by Gasteiger charge is -2.26. The molecule has 4 heteroatoms. The molecule has 1 N–H and O–H groups in total. The van der Waals surface area contributed by atoms with Gasteiger partial charge in [0.05, 0.1) is 0 Å². The molecule has 0 aliphatic carbocycles. The SMILES string of the molecule is C[C@@H](C(=O)O)N(C)Cc1ccccc1N1CCCC1. The molecule has 1 saturated heterocycles. The number of likely N-dealkylation sites (N-methyl/N-ethyl adjacent to an activating group) is 1. The van der Waals surface area contributed by atoms with Gasteiger partial charge >= 0.3 is 5.97 Å². The molecule has 0 radical (unpaired) electrons. The predicted molar refractivity (Wildman–Crippen MR) is 76.5 cm³/mol. The summed E-state index contributed by atoms with van der Waals surface area (Å²) in [5, 5.41) is 9.06. The highest BCUT2D eigenvalue weighted by molar-refractivity contribution is 5.72. The molecular weight excluding hydrogens is 240 g/mol. The van der Waals surface area contributed by atoms with Gasteiger partial charge in [-0.3, -0.25) is 9.69 Å². The summed E-state index contributed by atoms with van der Waals surface area (Å²) in [4.78, 5) is 15.3. The molecule has 1 aliphatic heterocycles. The largest absolute Gasteiger partial charge is 0.480 e. The molecule has 1 fully saturated rings. The van der Waals surface area contributed by atoms with E-state index in [-0.39, 0.29) is 0 Å². The zero-order valence-electron chi connectivity index (χ0n) is 11.7. The van der Waals surface area contributed by atoms with Crippen LogP contribution in [0.1, 0.15) is 25.3 Å². The maximum absolute atomic E-state index is 11.0. The van der Waals surface area contributed by atoms with Gasteiger partial charge in [0.15, 0.2) is 0 Å². The van der Waals surface area contributed by atoms with Crippen molar-refractivity contribution in [1.29, 1.82) is 0 Å². The molecule has 1 atom stereocenters. The Morgan fingerprint density at radius 2 is 2.00 bits per heavy atom. The van der Waals surface area contributed by atoms with Crippen LogP contribution in [0.4, 0.5) is 5.69 Å². The van der Waals surface area contributed by atoms with E-state index >= 15 is 0 Å². The van der Waals surface area contributed by atoms with Crippen molar-refractivity contribution in [3.63, 3.8) is 0 Å². The number of benzene rings is 1. The Morgan fingerprint density at radius 1 is 1.37 bits per heavy atom. The molecule has 0 saturated carbocycles. The highest BCUT2D eigenvalue weighted by Gasteiger charge is 2.20. The van der Waals surface area contributed by atoms with E-state index in [0.29, 0.717) is 6.54 Å². The standard InChI is InChI=1S/C15H22N2O2/c1-12(15(18)19)16(2)11-13-7-3-4-8-14(13)17-9-5-6-10-17/h3-4,7-8,12H,5-6,9-11H2,1-2H3,(H,18,19)/t12-/m0/s1. The Balaban J connectivity index is 2.13. The number of aliphatic carboxylic acids is 1. The molecule has 0 bridgehead atoms. The second-order valence-electron chi connectivity index (χ2n) is 5.25. The molecule has 19 heavy (non-hydrogen) atoms. The second kappa shape index (κ2) is 6.06. The molecule has 1 heterocycles. The van der Waals surface area contributed by atoms with Crippen LogP contribution >= 0.6 is 0 Å². The van der Waals surface area contributed by atoms with Gasteiger partial charge in [-0.05, 0) is 38.4 Å². The first kappa shape index (κ1) is 13.9. The maximum Gasteiger partial charge on any atom is 0.320 e. The number of hydrogen-bond donors (Lipinski definition) is 1. The third-order valence-electron chi connectivity index (χ3n) is 3.88. The third kappa shape index (κ3) is 3.26. The van der Waals surface area contributed by atoms with E-state index < -0.39 is 12.0 Å². The Morgan fingerprint density at radius 3 is 2.63 bits per heavy atom. The Hall–Kier alpha value is -1.55. The number of rotatable bonds is 5. The van der Waals surface area contributed by atoms with E-state index in [1.807, 2.05) is 18.0 Å². The summed E-state index contributed by atoms with van der Waals surface area (Å²) in [6.45, 7) is 4.60. The van der Waals surface area contributed by atoms with Crippen LogP contribution in [0.25, 0.3) is 0 Å². The highest BCUT2D eigenvalue weighted by Crippen LogP contribution is 2.25. The molecule has 0 aromatic heterocycles. The summed E-state index contributed by atoms with van der Waals surface area (Å²) in [7, 11) is 1.86. The zero-order chi connectivity index (χ0) is 13.8. The lowest BCUT2D eigenvalue weighted by molar-refractivity contribution is -0.142. The lowest BCUT2D eigenvalue weighted by atomic mass is 10.1. The van der Waals surface area contributed by atoms with Gasteiger partial charge in [0, 0.05) is 25.3 Å². The van der Waals surface area contributed by atoms with Crippen molar-refractivity contribution in [2.75, 3.05) is 25.0 Å². The maximum atomic E-state index is 11.0. The number of carboxylic acid groups (broad SMARTS) is 1. The normalized spacial score (nSPS) is 16.9. The van der Waals surface area contributed by atoms with Gasteiger partial charge in [-0.1, -0.05) is 18.2 Å². The topological polar surface area (TPSA) is 43.8 Å². The summed E-state index contributed by atoms with van der Waals surface area (Å²) >= 11 is 0. The summed E-state index contributed by atoms with van der Waals surface area (Å²) in [5.74, 6) is -0.777. The second-order valence-corrected chi connectivity index (χ2v) is 5.25. The van der Waals surface area contributed by atoms with Crippen molar-refractivity contribution in [3.05, 3.63) is 29.8 Å². The fraction of sp³-hybridized carbons (Fsp3) is 0.533. The van der Waals surface area contributed by atoms with Crippen molar-refractivity contribution in [3.8, 4) is 0 Å². The van der Waals surface area contributed by atoms with Crippen LogP contribution in [0.2, 0.25) is 0 Å². The zero-order valence-corrected chi connectivity index (χ0v) is 11.7. The molecule has 1 aromatic rings. The van der Waals surface area contributed by atoms with Gasteiger partial charge in [-0.25, -0.2) is 0 Å². The first-order chi connectivity index (χ1) is 9.09. The van der Waals surface area contributed by atoms with Crippen LogP contribution in [0, 0.1) is 0 Å². The van der Waals surface area contributed by atoms with Crippen LogP contribution in [-0.4, -0.2) is 42.2 Å². The van der Waals surface area contributed by atoms with Crippen molar-refractivity contribution in [1.82, 2.24) is 4.90 Å². The Bertz CT molecular complexity index is 442. The minimum Gasteiger partial charge on any atom is -0.480 e. The molecule has 2 rings (SSSR count). The fourth-order valence-corrected chi connectivity index (χ4v) is 2.51. The quantitative estimate of drug-likeness (QED) is 0.883. The smallest absolute Gasteiger partial charge is 0.320 e. The average Bonchev–Trinajstić information content (AvgIpc) is 2.92. The molecule has 0 amide bonds. The van der Waals surface area contributed by atoms with Crippen molar-refractivity contribution >= 4 is 11.7 Å². The van der Waals surface area contributed by atoms with E-state index in [9.17, 15) is 4.79 Å². The van der Waals surface area contributed by atoms with Gasteiger partial charge < -0.3 is 10.0 Å². The number of carbonyl (C=O) groups is 1. The van der Waals surface area contributed by atoms with Crippen molar-refractivity contribution < 1.29 is 9.90 Å². The van der Waals surface area contributed by atoms with Gasteiger partial charge in [-0.15, -0.1) is 0 Å². The average molecular weight is 262 g/mol. The monoisotopic (exact) mass is 262 g/mol. The molecule has 1 aliphatic rings. The number of hydrogen-bond acceptors (Lipinski definition) is 3. The minimum atomic E-state index is -0.777. The van der Waals surface area contributed by atoms with E-state index in [4.69, 9.17) is 5.11 Å². The third-order valence-corrected chi connectivity index (χ3v) is 3.88. The molecule has 0 unspecified atom stereocenters. The van der Waals surface area contributed by atoms with Crippen LogP contribution in [0.5, 0.6) is 0 Å². The molecular formula is C15H22N2O2. The van der Waals surface area contributed by atoms with Crippen LogP contribution in [0.3, 0.4) is 0 Å². The molecule has 4 nitrogen and oxygen atoms in total. The van der Waals surface area contributed by atoms with Gasteiger partial charge in [0.25, 0.3) is 0 Å².